The maximum Gasteiger partial charge on any atom is 0.287 e. The number of quaternary nitrogens is 1. The molecule has 1 saturated heterocycles. The highest BCUT2D eigenvalue weighted by atomic mass is 16.5. The average molecular weight is 382 g/mol. The summed E-state index contributed by atoms with van der Waals surface area (Å²) >= 11 is 0. The predicted molar refractivity (Wildman–Crippen MR) is 108 cm³/mol. The number of hydrogen-bond donors (Lipinski definition) is 3. The Morgan fingerprint density at radius 3 is 2.43 bits per heavy atom. The minimum atomic E-state index is -0.361. The summed E-state index contributed by atoms with van der Waals surface area (Å²) in [5.41, 5.74) is 8.13. The van der Waals surface area contributed by atoms with Crippen molar-refractivity contribution in [2.75, 3.05) is 25.5 Å². The zero-order chi connectivity index (χ0) is 20.1. The van der Waals surface area contributed by atoms with Crippen LogP contribution in [0.3, 0.4) is 0 Å². The first-order valence-electron chi connectivity index (χ1n) is 9.64. The minimum absolute atomic E-state index is 0.0809. The molecule has 0 spiro atoms. The Balaban J connectivity index is 1.85. The van der Waals surface area contributed by atoms with Crippen LogP contribution in [0.25, 0.3) is 0 Å². The van der Waals surface area contributed by atoms with Crippen LogP contribution in [0.15, 0.2) is 48.5 Å². The van der Waals surface area contributed by atoms with Crippen LogP contribution < -0.4 is 20.7 Å². The molecule has 1 fully saturated rings. The molecule has 1 heterocycles. The Morgan fingerprint density at radius 2 is 1.82 bits per heavy atom. The van der Waals surface area contributed by atoms with Gasteiger partial charge in [0.2, 0.25) is 5.91 Å². The SMILES string of the molecule is COc1ccc(C)cc1NC(=O)[C@H](c1ccccc1)[NH+]1CCC(C(N)=O)CC1. The molecule has 0 aromatic heterocycles. The van der Waals surface area contributed by atoms with Gasteiger partial charge in [0.15, 0.2) is 6.04 Å². The Morgan fingerprint density at radius 1 is 1.14 bits per heavy atom. The molecule has 0 unspecified atom stereocenters. The number of likely N-dealkylation sites (tertiary alicyclic amines) is 1. The fourth-order valence-corrected chi connectivity index (χ4v) is 3.90. The van der Waals surface area contributed by atoms with Crippen LogP contribution in [0.4, 0.5) is 5.69 Å². The van der Waals surface area contributed by atoms with Gasteiger partial charge in [-0.3, -0.25) is 9.59 Å². The number of nitrogens with one attached hydrogen (secondary N) is 2. The number of benzene rings is 2. The van der Waals surface area contributed by atoms with Gasteiger partial charge in [-0.2, -0.15) is 0 Å². The van der Waals surface area contributed by atoms with E-state index in [4.69, 9.17) is 10.5 Å². The third kappa shape index (κ3) is 4.51. The van der Waals surface area contributed by atoms with Gasteiger partial charge in [0, 0.05) is 24.3 Å². The average Bonchev–Trinajstić information content (AvgIpc) is 2.69. The number of hydrogen-bond acceptors (Lipinski definition) is 3. The lowest BCUT2D eigenvalue weighted by Crippen LogP contribution is -3.14. The molecule has 28 heavy (non-hydrogen) atoms. The molecule has 1 atom stereocenters. The summed E-state index contributed by atoms with van der Waals surface area (Å²) in [5.74, 6) is 0.209. The number of rotatable bonds is 6. The molecule has 148 valence electrons. The quantitative estimate of drug-likeness (QED) is 0.707. The molecular weight excluding hydrogens is 354 g/mol. The van der Waals surface area contributed by atoms with Gasteiger partial charge >= 0.3 is 0 Å². The molecule has 2 aromatic rings. The number of nitrogens with two attached hydrogens (primary N) is 1. The Labute approximate surface area is 165 Å². The monoisotopic (exact) mass is 382 g/mol. The van der Waals surface area contributed by atoms with Crippen LogP contribution in [0.5, 0.6) is 5.75 Å². The number of methoxy groups -OCH3 is 1. The van der Waals surface area contributed by atoms with Crippen molar-refractivity contribution in [3.8, 4) is 5.75 Å². The van der Waals surface area contributed by atoms with Crippen molar-refractivity contribution in [1.82, 2.24) is 0 Å². The first-order chi connectivity index (χ1) is 13.5. The number of ether oxygens (including phenoxy) is 1. The molecule has 6 heteroatoms. The largest absolute Gasteiger partial charge is 0.495 e. The predicted octanol–water partition coefficient (Wildman–Crippen LogP) is 1.46. The van der Waals surface area contributed by atoms with E-state index in [1.54, 1.807) is 7.11 Å². The maximum atomic E-state index is 13.3. The molecule has 2 amide bonds. The van der Waals surface area contributed by atoms with E-state index in [2.05, 4.69) is 5.32 Å². The van der Waals surface area contributed by atoms with Crippen molar-refractivity contribution in [1.29, 1.82) is 0 Å². The van der Waals surface area contributed by atoms with Crippen molar-refractivity contribution in [3.63, 3.8) is 0 Å². The van der Waals surface area contributed by atoms with E-state index in [0.717, 1.165) is 29.1 Å². The van der Waals surface area contributed by atoms with Gasteiger partial charge in [0.1, 0.15) is 5.75 Å². The van der Waals surface area contributed by atoms with Crippen molar-refractivity contribution in [2.45, 2.75) is 25.8 Å². The Bertz CT molecular complexity index is 830. The summed E-state index contributed by atoms with van der Waals surface area (Å²) in [7, 11) is 1.59. The van der Waals surface area contributed by atoms with E-state index in [1.165, 1.54) is 0 Å². The fourth-order valence-electron chi connectivity index (χ4n) is 3.90. The van der Waals surface area contributed by atoms with Gasteiger partial charge in [-0.1, -0.05) is 36.4 Å². The van der Waals surface area contributed by atoms with E-state index in [-0.39, 0.29) is 23.8 Å². The molecule has 0 bridgehead atoms. The van der Waals surface area contributed by atoms with Crippen LogP contribution in [0, 0.1) is 12.8 Å². The van der Waals surface area contributed by atoms with Gasteiger partial charge in [0.25, 0.3) is 5.91 Å². The summed E-state index contributed by atoms with van der Waals surface area (Å²) in [6, 6.07) is 15.1. The number of piperidine rings is 1. The number of carbonyl (C=O) groups excluding carboxylic acids is 2. The van der Waals surface area contributed by atoms with E-state index in [1.807, 2.05) is 55.5 Å². The van der Waals surface area contributed by atoms with Gasteiger partial charge in [-0.15, -0.1) is 0 Å². The highest BCUT2D eigenvalue weighted by molar-refractivity contribution is 5.96. The molecule has 0 aliphatic carbocycles. The van der Waals surface area contributed by atoms with E-state index < -0.39 is 0 Å². The highest BCUT2D eigenvalue weighted by Crippen LogP contribution is 2.26. The summed E-state index contributed by atoms with van der Waals surface area (Å²) in [6.45, 7) is 3.43. The van der Waals surface area contributed by atoms with Crippen LogP contribution in [-0.4, -0.2) is 32.0 Å². The third-order valence-corrected chi connectivity index (χ3v) is 5.45. The van der Waals surface area contributed by atoms with Crippen molar-refractivity contribution >= 4 is 17.5 Å². The summed E-state index contributed by atoms with van der Waals surface area (Å²) in [4.78, 5) is 26.0. The number of primary amides is 1. The van der Waals surface area contributed by atoms with Gasteiger partial charge in [0.05, 0.1) is 25.9 Å². The van der Waals surface area contributed by atoms with Crippen LogP contribution in [0.1, 0.15) is 30.0 Å². The Kier molecular flexibility index (Phi) is 6.31. The third-order valence-electron chi connectivity index (χ3n) is 5.45. The minimum Gasteiger partial charge on any atom is -0.495 e. The van der Waals surface area contributed by atoms with E-state index in [0.29, 0.717) is 24.3 Å². The number of carbonyl (C=O) groups is 2. The zero-order valence-corrected chi connectivity index (χ0v) is 16.4. The first kappa shape index (κ1) is 19.9. The molecule has 1 aliphatic heterocycles. The lowest BCUT2D eigenvalue weighted by Gasteiger charge is -2.33. The van der Waals surface area contributed by atoms with Crippen LogP contribution in [0.2, 0.25) is 0 Å². The molecule has 1 aliphatic rings. The Hall–Kier alpha value is -2.86. The lowest BCUT2D eigenvalue weighted by molar-refractivity contribution is -0.927. The first-order valence-corrected chi connectivity index (χ1v) is 9.64. The molecular formula is C22H28N3O3+. The molecule has 6 nitrogen and oxygen atoms in total. The highest BCUT2D eigenvalue weighted by Gasteiger charge is 2.36. The maximum absolute atomic E-state index is 13.3. The number of anilines is 1. The normalized spacial score (nSPS) is 20.2. The van der Waals surface area contributed by atoms with E-state index in [9.17, 15) is 9.59 Å². The summed E-state index contributed by atoms with van der Waals surface area (Å²) in [5, 5.41) is 3.06. The van der Waals surface area contributed by atoms with Crippen molar-refractivity contribution in [3.05, 3.63) is 59.7 Å². The van der Waals surface area contributed by atoms with Gasteiger partial charge < -0.3 is 20.7 Å². The zero-order valence-electron chi connectivity index (χ0n) is 16.4. The standard InChI is InChI=1S/C22H27N3O3/c1-15-8-9-19(28-2)18(14-15)24-22(27)20(16-6-4-3-5-7-16)25-12-10-17(11-13-25)21(23)26/h3-9,14,17,20H,10-13H2,1-2H3,(H2,23,26)(H,24,27)/p+1/t20-/m0/s1. The second-order valence-corrected chi connectivity index (χ2v) is 7.37. The lowest BCUT2D eigenvalue weighted by atomic mass is 9.93. The second kappa shape index (κ2) is 8.89. The number of aryl methyl sites for hydroxylation is 1. The number of amides is 2. The van der Waals surface area contributed by atoms with Crippen LogP contribution in [-0.2, 0) is 9.59 Å². The van der Waals surface area contributed by atoms with Crippen LogP contribution >= 0.6 is 0 Å². The van der Waals surface area contributed by atoms with E-state index >= 15 is 0 Å². The molecule has 0 radical (unpaired) electrons. The van der Waals surface area contributed by atoms with Crippen molar-refractivity contribution < 1.29 is 19.2 Å². The summed E-state index contributed by atoms with van der Waals surface area (Å²) in [6.07, 6.45) is 1.41. The molecule has 3 rings (SSSR count). The molecule has 0 saturated carbocycles. The molecule has 2 aromatic carbocycles. The summed E-state index contributed by atoms with van der Waals surface area (Å²) < 4.78 is 5.40. The van der Waals surface area contributed by atoms with Crippen molar-refractivity contribution in [2.24, 2.45) is 11.7 Å². The van der Waals surface area contributed by atoms with Gasteiger partial charge in [-0.05, 0) is 24.6 Å². The fraction of sp³-hybridized carbons (Fsp3) is 0.364. The second-order valence-electron chi connectivity index (χ2n) is 7.37. The molecule has 4 N–H and O–H groups in total. The topological polar surface area (TPSA) is 85.9 Å². The van der Waals surface area contributed by atoms with Gasteiger partial charge in [-0.25, -0.2) is 0 Å². The smallest absolute Gasteiger partial charge is 0.287 e.